The van der Waals surface area contributed by atoms with E-state index >= 15 is 0 Å². The predicted molar refractivity (Wildman–Crippen MR) is 95.8 cm³/mol. The summed E-state index contributed by atoms with van der Waals surface area (Å²) in [4.78, 5) is 12.1. The van der Waals surface area contributed by atoms with Gasteiger partial charge < -0.3 is 10.1 Å². The molecule has 0 saturated carbocycles. The first-order valence-electron chi connectivity index (χ1n) is 7.89. The number of amides is 1. The molecule has 26 heavy (non-hydrogen) atoms. The summed E-state index contributed by atoms with van der Waals surface area (Å²) < 4.78 is 43.8. The van der Waals surface area contributed by atoms with Crippen molar-refractivity contribution in [1.82, 2.24) is 9.62 Å². The second-order valence-electron chi connectivity index (χ2n) is 5.78. The van der Waals surface area contributed by atoms with Crippen molar-refractivity contribution >= 4 is 15.9 Å². The summed E-state index contributed by atoms with van der Waals surface area (Å²) >= 11 is 0. The number of nitrogens with one attached hydrogen (secondary N) is 1. The molecule has 0 aliphatic heterocycles. The Bertz CT molecular complexity index is 852. The Labute approximate surface area is 152 Å². The number of carbonyl (C=O) groups excluding carboxylic acids is 1. The van der Waals surface area contributed by atoms with Gasteiger partial charge in [-0.2, -0.15) is 4.31 Å². The summed E-state index contributed by atoms with van der Waals surface area (Å²) in [5, 5.41) is 2.75. The molecule has 6 nitrogen and oxygen atoms in total. The van der Waals surface area contributed by atoms with Crippen molar-refractivity contribution < 1.29 is 22.3 Å². The van der Waals surface area contributed by atoms with Crippen molar-refractivity contribution in [1.29, 1.82) is 0 Å². The lowest BCUT2D eigenvalue weighted by atomic mass is 10.1. The third-order valence-electron chi connectivity index (χ3n) is 3.88. The smallest absolute Gasteiger partial charge is 0.243 e. The molecule has 0 aliphatic carbocycles. The topological polar surface area (TPSA) is 75.7 Å². The zero-order valence-corrected chi connectivity index (χ0v) is 15.6. The molecule has 1 amide bonds. The largest absolute Gasteiger partial charge is 0.497 e. The first-order chi connectivity index (χ1) is 12.2. The van der Waals surface area contributed by atoms with Crippen molar-refractivity contribution in [3.05, 3.63) is 59.9 Å². The molecule has 0 saturated heterocycles. The molecule has 0 bridgehead atoms. The van der Waals surface area contributed by atoms with E-state index in [0.717, 1.165) is 22.0 Å². The van der Waals surface area contributed by atoms with E-state index < -0.39 is 21.7 Å². The van der Waals surface area contributed by atoms with Crippen LogP contribution in [0.2, 0.25) is 0 Å². The van der Waals surface area contributed by atoms with Gasteiger partial charge >= 0.3 is 0 Å². The number of sulfonamides is 1. The van der Waals surface area contributed by atoms with Crippen molar-refractivity contribution in [2.24, 2.45) is 0 Å². The summed E-state index contributed by atoms with van der Waals surface area (Å²) in [5.41, 5.74) is 0.864. The van der Waals surface area contributed by atoms with Gasteiger partial charge in [0.25, 0.3) is 0 Å². The third-order valence-corrected chi connectivity index (χ3v) is 5.70. The van der Waals surface area contributed by atoms with Gasteiger partial charge in [0.05, 0.1) is 24.6 Å². The zero-order chi connectivity index (χ0) is 19.3. The molecule has 1 N–H and O–H groups in total. The van der Waals surface area contributed by atoms with Gasteiger partial charge in [0.15, 0.2) is 0 Å². The second kappa shape index (κ2) is 8.29. The number of hydrogen-bond donors (Lipinski definition) is 1. The highest BCUT2D eigenvalue weighted by Crippen LogP contribution is 2.18. The molecule has 8 heteroatoms. The minimum Gasteiger partial charge on any atom is -0.497 e. The van der Waals surface area contributed by atoms with Gasteiger partial charge in [0.1, 0.15) is 11.6 Å². The maximum Gasteiger partial charge on any atom is 0.243 e. The van der Waals surface area contributed by atoms with E-state index in [1.807, 2.05) is 12.1 Å². The van der Waals surface area contributed by atoms with E-state index in [9.17, 15) is 17.6 Å². The van der Waals surface area contributed by atoms with E-state index in [2.05, 4.69) is 5.32 Å². The standard InChI is InChI=1S/C18H21FN2O4S/c1-13(14-4-8-16(25-3)9-5-14)20-18(22)12-21(2)26(23,24)17-10-6-15(19)7-11-17/h4-11,13H,12H2,1-3H3,(H,20,22)/t13-/m0/s1. The molecule has 0 heterocycles. The fourth-order valence-electron chi connectivity index (χ4n) is 2.34. The zero-order valence-electron chi connectivity index (χ0n) is 14.8. The number of methoxy groups -OCH3 is 1. The van der Waals surface area contributed by atoms with Crippen molar-refractivity contribution in [2.75, 3.05) is 20.7 Å². The molecule has 0 spiro atoms. The van der Waals surface area contributed by atoms with Crippen LogP contribution in [0.5, 0.6) is 5.75 Å². The van der Waals surface area contributed by atoms with Crippen LogP contribution < -0.4 is 10.1 Å². The van der Waals surface area contributed by atoms with Gasteiger partial charge in [-0.3, -0.25) is 4.79 Å². The van der Waals surface area contributed by atoms with Gasteiger partial charge in [-0.05, 0) is 48.9 Å². The maximum atomic E-state index is 13.0. The van der Waals surface area contributed by atoms with Crippen LogP contribution in [0.4, 0.5) is 4.39 Å². The van der Waals surface area contributed by atoms with Gasteiger partial charge in [-0.1, -0.05) is 12.1 Å². The summed E-state index contributed by atoms with van der Waals surface area (Å²) in [7, 11) is -1.00. The lowest BCUT2D eigenvalue weighted by Crippen LogP contribution is -2.39. The normalized spacial score (nSPS) is 12.7. The van der Waals surface area contributed by atoms with Crippen LogP contribution in [0.1, 0.15) is 18.5 Å². The van der Waals surface area contributed by atoms with Gasteiger partial charge in [-0.15, -0.1) is 0 Å². The molecule has 2 rings (SSSR count). The van der Waals surface area contributed by atoms with Crippen LogP contribution in [-0.2, 0) is 14.8 Å². The van der Waals surface area contributed by atoms with Crippen molar-refractivity contribution in [3.8, 4) is 5.75 Å². The van der Waals surface area contributed by atoms with Gasteiger partial charge in [-0.25, -0.2) is 12.8 Å². The summed E-state index contributed by atoms with van der Waals surface area (Å²) in [6.45, 7) is 1.45. The molecule has 0 aliphatic rings. The van der Waals surface area contributed by atoms with Crippen LogP contribution in [0.15, 0.2) is 53.4 Å². The monoisotopic (exact) mass is 380 g/mol. The third kappa shape index (κ3) is 4.80. The SMILES string of the molecule is COc1ccc([C@H](C)NC(=O)CN(C)S(=O)(=O)c2ccc(F)cc2)cc1. The summed E-state index contributed by atoms with van der Waals surface area (Å²) in [6, 6.07) is 11.4. The molecule has 0 radical (unpaired) electrons. The average molecular weight is 380 g/mol. The first kappa shape index (κ1) is 19.9. The predicted octanol–water partition coefficient (Wildman–Crippen LogP) is 2.33. The Balaban J connectivity index is 2.00. The average Bonchev–Trinajstić information content (AvgIpc) is 2.61. The highest BCUT2D eigenvalue weighted by atomic mass is 32.2. The Morgan fingerprint density at radius 1 is 1.15 bits per heavy atom. The van der Waals surface area contributed by atoms with Crippen LogP contribution in [0.3, 0.4) is 0 Å². The molecule has 0 aromatic heterocycles. The molecular weight excluding hydrogens is 359 g/mol. The fourth-order valence-corrected chi connectivity index (χ4v) is 3.46. The molecule has 2 aromatic carbocycles. The van der Waals surface area contributed by atoms with E-state index in [1.165, 1.54) is 19.2 Å². The second-order valence-corrected chi connectivity index (χ2v) is 7.82. The summed E-state index contributed by atoms with van der Waals surface area (Å²) in [5.74, 6) is -0.267. The number of nitrogens with zero attached hydrogens (tertiary/aromatic N) is 1. The number of halogens is 1. The minimum atomic E-state index is -3.87. The quantitative estimate of drug-likeness (QED) is 0.800. The number of benzene rings is 2. The van der Waals surface area contributed by atoms with Crippen molar-refractivity contribution in [2.45, 2.75) is 17.9 Å². The number of rotatable bonds is 7. The van der Waals surface area contributed by atoms with Gasteiger partial charge in [0.2, 0.25) is 15.9 Å². The number of likely N-dealkylation sites (N-methyl/N-ethyl adjacent to an activating group) is 1. The molecular formula is C18H21FN2O4S. The highest BCUT2D eigenvalue weighted by molar-refractivity contribution is 7.89. The van der Waals surface area contributed by atoms with Crippen LogP contribution in [0, 0.1) is 5.82 Å². The molecule has 140 valence electrons. The molecule has 2 aromatic rings. The van der Waals surface area contributed by atoms with E-state index in [-0.39, 0.29) is 17.5 Å². The Kier molecular flexibility index (Phi) is 6.33. The highest BCUT2D eigenvalue weighted by Gasteiger charge is 2.23. The van der Waals surface area contributed by atoms with Crippen molar-refractivity contribution in [3.63, 3.8) is 0 Å². The van der Waals surface area contributed by atoms with Crippen LogP contribution >= 0.6 is 0 Å². The molecule has 0 unspecified atom stereocenters. The first-order valence-corrected chi connectivity index (χ1v) is 9.33. The van der Waals surface area contributed by atoms with E-state index in [0.29, 0.717) is 5.75 Å². The Morgan fingerprint density at radius 3 is 2.27 bits per heavy atom. The lowest BCUT2D eigenvalue weighted by molar-refractivity contribution is -0.121. The Hall–Kier alpha value is -2.45. The Morgan fingerprint density at radius 2 is 1.73 bits per heavy atom. The molecule has 0 fully saturated rings. The minimum absolute atomic E-state index is 0.0718. The van der Waals surface area contributed by atoms with E-state index in [4.69, 9.17) is 4.74 Å². The number of carbonyl (C=O) groups is 1. The number of hydrogen-bond acceptors (Lipinski definition) is 4. The lowest BCUT2D eigenvalue weighted by Gasteiger charge is -2.19. The van der Waals surface area contributed by atoms with Gasteiger partial charge in [0, 0.05) is 7.05 Å². The van der Waals surface area contributed by atoms with Crippen LogP contribution in [0.25, 0.3) is 0 Å². The fraction of sp³-hybridized carbons (Fsp3) is 0.278. The number of ether oxygens (including phenoxy) is 1. The maximum absolute atomic E-state index is 13.0. The van der Waals surface area contributed by atoms with E-state index in [1.54, 1.807) is 26.2 Å². The van der Waals surface area contributed by atoms with Crippen LogP contribution in [-0.4, -0.2) is 39.3 Å². The summed E-state index contributed by atoms with van der Waals surface area (Å²) in [6.07, 6.45) is 0. The molecule has 1 atom stereocenters.